The molecule has 0 N–H and O–H groups in total. The van der Waals surface area contributed by atoms with Crippen molar-refractivity contribution in [1.29, 1.82) is 0 Å². The van der Waals surface area contributed by atoms with E-state index in [0.717, 1.165) is 31.0 Å². The maximum atomic E-state index is 6.52. The van der Waals surface area contributed by atoms with Crippen LogP contribution < -0.4 is 0 Å². The topological polar surface area (TPSA) is 9.86 Å². The van der Waals surface area contributed by atoms with Gasteiger partial charge < -0.3 is 9.13 Å². The molecule has 164 valence electrons. The highest BCUT2D eigenvalue weighted by Gasteiger charge is 2.27. The van der Waals surface area contributed by atoms with E-state index in [1.54, 1.807) is 5.57 Å². The highest BCUT2D eigenvalue weighted by Crippen LogP contribution is 2.44. The van der Waals surface area contributed by atoms with Crippen molar-refractivity contribution in [2.75, 3.05) is 0 Å². The fraction of sp³-hybridized carbons (Fsp3) is 0.429. The third kappa shape index (κ3) is 3.80. The first-order chi connectivity index (χ1) is 15.0. The number of hydrogen-bond donors (Lipinski definition) is 0. The summed E-state index contributed by atoms with van der Waals surface area (Å²) in [6.07, 6.45) is 10.3. The molecular weight excluding hydrogens is 400 g/mol. The van der Waals surface area contributed by atoms with Crippen LogP contribution >= 0.6 is 11.6 Å². The van der Waals surface area contributed by atoms with Gasteiger partial charge in [-0.1, -0.05) is 43.2 Å². The third-order valence-corrected chi connectivity index (χ3v) is 6.98. The molecule has 1 saturated carbocycles. The van der Waals surface area contributed by atoms with Crippen LogP contribution in [0.2, 0.25) is 5.02 Å². The van der Waals surface area contributed by atoms with Gasteiger partial charge >= 0.3 is 0 Å². The number of rotatable bonds is 7. The monoisotopic (exact) mass is 434 g/mol. The number of aromatic nitrogens is 2. The van der Waals surface area contributed by atoms with Gasteiger partial charge in [0.25, 0.3) is 0 Å². The Bertz CT molecular complexity index is 1160. The zero-order valence-electron chi connectivity index (χ0n) is 19.7. The second-order valence-electron chi connectivity index (χ2n) is 8.83. The normalized spacial score (nSPS) is 14.1. The van der Waals surface area contributed by atoms with Crippen LogP contribution in [0.3, 0.4) is 0 Å². The highest BCUT2D eigenvalue weighted by atomic mass is 35.5. The fourth-order valence-corrected chi connectivity index (χ4v) is 5.28. The first-order valence-corrected chi connectivity index (χ1v) is 12.2. The molecule has 0 saturated heterocycles. The largest absolute Gasteiger partial charge is 0.344 e. The van der Waals surface area contributed by atoms with Crippen LogP contribution in [0.25, 0.3) is 22.6 Å². The van der Waals surface area contributed by atoms with Gasteiger partial charge in [0.15, 0.2) is 0 Å². The predicted octanol–water partition coefficient (Wildman–Crippen LogP) is 8.55. The zero-order chi connectivity index (χ0) is 22.1. The molecule has 0 radical (unpaired) electrons. The Morgan fingerprint density at radius 3 is 2.32 bits per heavy atom. The molecule has 1 aliphatic rings. The second-order valence-corrected chi connectivity index (χ2v) is 9.26. The van der Waals surface area contributed by atoms with E-state index in [1.807, 2.05) is 6.07 Å². The van der Waals surface area contributed by atoms with Gasteiger partial charge in [-0.3, -0.25) is 0 Å². The van der Waals surface area contributed by atoms with Crippen LogP contribution in [0, 0.1) is 13.8 Å². The summed E-state index contributed by atoms with van der Waals surface area (Å²) in [7, 11) is 0. The van der Waals surface area contributed by atoms with E-state index >= 15 is 0 Å². The van der Waals surface area contributed by atoms with Crippen LogP contribution in [0.4, 0.5) is 0 Å². The van der Waals surface area contributed by atoms with Crippen molar-refractivity contribution in [2.45, 2.75) is 79.8 Å². The van der Waals surface area contributed by atoms with Gasteiger partial charge in [0.2, 0.25) is 0 Å². The van der Waals surface area contributed by atoms with Gasteiger partial charge in [-0.15, -0.1) is 0 Å². The minimum absolute atomic E-state index is 0.815. The highest BCUT2D eigenvalue weighted by molar-refractivity contribution is 6.31. The Kier molecular flexibility index (Phi) is 6.48. The van der Waals surface area contributed by atoms with Crippen LogP contribution in [0.5, 0.6) is 0 Å². The summed E-state index contributed by atoms with van der Waals surface area (Å²) in [6.45, 7) is 13.3. The van der Waals surface area contributed by atoms with Gasteiger partial charge in [-0.2, -0.15) is 0 Å². The molecule has 0 atom stereocenters. The van der Waals surface area contributed by atoms with Crippen LogP contribution in [0.1, 0.15) is 81.1 Å². The molecule has 3 heteroatoms. The molecule has 0 spiro atoms. The summed E-state index contributed by atoms with van der Waals surface area (Å²) in [5.41, 5.74) is 11.2. The number of benzene rings is 1. The number of fused-ring (bicyclic) bond motifs is 1. The summed E-state index contributed by atoms with van der Waals surface area (Å²) < 4.78 is 5.04. The Hall–Kier alpha value is -2.19. The number of hydrogen-bond acceptors (Lipinski definition) is 0. The molecule has 3 aromatic rings. The van der Waals surface area contributed by atoms with Crippen LogP contribution in [-0.2, 0) is 13.1 Å². The van der Waals surface area contributed by atoms with Crippen molar-refractivity contribution in [3.63, 3.8) is 0 Å². The quantitative estimate of drug-likeness (QED) is 0.352. The van der Waals surface area contributed by atoms with E-state index in [0.29, 0.717) is 0 Å². The molecule has 1 aromatic carbocycles. The predicted molar refractivity (Wildman–Crippen MR) is 136 cm³/mol. The molecule has 1 fully saturated rings. The molecule has 0 amide bonds. The van der Waals surface area contributed by atoms with E-state index in [-0.39, 0.29) is 0 Å². The standard InChI is InChI=1S/C28H35ClN2/c1-6-10-22-17-26(30(15-7-2)19(22)4)28(21-11-9-12-21)27-20(5)31(16-8-3)25-14-13-23(29)18-24(25)27/h6,10,13-14,17-18H,7-9,11-12,15-16H2,1-5H3/b10-6-. The van der Waals surface area contributed by atoms with Crippen molar-refractivity contribution in [2.24, 2.45) is 0 Å². The minimum atomic E-state index is 0.815. The van der Waals surface area contributed by atoms with E-state index in [9.17, 15) is 0 Å². The Morgan fingerprint density at radius 2 is 1.71 bits per heavy atom. The molecule has 4 rings (SSSR count). The SMILES string of the molecule is C/C=C\c1cc(C(=C2CCC2)c2c(C)n(CCC)c3ccc(Cl)cc23)n(CCC)c1C. The lowest BCUT2D eigenvalue weighted by molar-refractivity contribution is 0.644. The molecule has 0 aliphatic heterocycles. The molecule has 0 unspecified atom stereocenters. The molecule has 31 heavy (non-hydrogen) atoms. The van der Waals surface area contributed by atoms with E-state index in [4.69, 9.17) is 11.6 Å². The maximum Gasteiger partial charge on any atom is 0.0495 e. The Labute approximate surface area is 192 Å². The maximum absolute atomic E-state index is 6.52. The lowest BCUT2D eigenvalue weighted by atomic mass is 9.83. The number of nitrogens with zero attached hydrogens (tertiary/aromatic N) is 2. The first kappa shape index (κ1) is 22.0. The summed E-state index contributed by atoms with van der Waals surface area (Å²) in [5.74, 6) is 0. The van der Waals surface area contributed by atoms with E-state index in [1.165, 1.54) is 63.9 Å². The first-order valence-electron chi connectivity index (χ1n) is 11.9. The second kappa shape index (κ2) is 9.12. The number of allylic oxidation sites excluding steroid dienone is 2. The van der Waals surface area contributed by atoms with Gasteiger partial charge in [0.05, 0.1) is 0 Å². The van der Waals surface area contributed by atoms with Crippen molar-refractivity contribution >= 4 is 34.2 Å². The molecule has 2 aromatic heterocycles. The Balaban J connectivity index is 2.06. The van der Waals surface area contributed by atoms with Crippen LogP contribution in [-0.4, -0.2) is 9.13 Å². The third-order valence-electron chi connectivity index (χ3n) is 6.75. The van der Waals surface area contributed by atoms with Gasteiger partial charge in [-0.05, 0) is 82.7 Å². The van der Waals surface area contributed by atoms with Crippen LogP contribution in [0.15, 0.2) is 35.9 Å². The lowest BCUT2D eigenvalue weighted by Crippen LogP contribution is -2.10. The van der Waals surface area contributed by atoms with Gasteiger partial charge in [0.1, 0.15) is 0 Å². The van der Waals surface area contributed by atoms with Gasteiger partial charge in [0, 0.05) is 57.2 Å². The zero-order valence-corrected chi connectivity index (χ0v) is 20.4. The number of aryl methyl sites for hydroxylation is 1. The van der Waals surface area contributed by atoms with E-state index < -0.39 is 0 Å². The van der Waals surface area contributed by atoms with E-state index in [2.05, 4.69) is 74.1 Å². The molecule has 2 heterocycles. The summed E-state index contributed by atoms with van der Waals surface area (Å²) in [4.78, 5) is 0. The average molecular weight is 435 g/mol. The number of halogens is 1. The molecule has 1 aliphatic carbocycles. The molecular formula is C28H35ClN2. The molecule has 0 bridgehead atoms. The fourth-order valence-electron chi connectivity index (χ4n) is 5.10. The van der Waals surface area contributed by atoms with Crippen molar-refractivity contribution < 1.29 is 0 Å². The summed E-state index contributed by atoms with van der Waals surface area (Å²) in [5, 5.41) is 2.11. The van der Waals surface area contributed by atoms with Crippen molar-refractivity contribution in [1.82, 2.24) is 9.13 Å². The molecule has 2 nitrogen and oxygen atoms in total. The summed E-state index contributed by atoms with van der Waals surface area (Å²) >= 11 is 6.52. The summed E-state index contributed by atoms with van der Waals surface area (Å²) in [6, 6.07) is 8.83. The lowest BCUT2D eigenvalue weighted by Gasteiger charge is -2.25. The van der Waals surface area contributed by atoms with Crippen molar-refractivity contribution in [3.8, 4) is 0 Å². The minimum Gasteiger partial charge on any atom is -0.344 e. The van der Waals surface area contributed by atoms with Gasteiger partial charge in [-0.25, -0.2) is 0 Å². The Morgan fingerprint density at radius 1 is 1.00 bits per heavy atom. The average Bonchev–Trinajstić information content (AvgIpc) is 3.14. The van der Waals surface area contributed by atoms with Crippen molar-refractivity contribution in [3.05, 3.63) is 69.1 Å². The smallest absolute Gasteiger partial charge is 0.0495 e.